The van der Waals surface area contributed by atoms with Crippen LogP contribution in [0.25, 0.3) is 0 Å². The van der Waals surface area contributed by atoms with Crippen LogP contribution >= 0.6 is 0 Å². The molecule has 3 amide bonds. The van der Waals surface area contributed by atoms with Crippen molar-refractivity contribution in [2.24, 2.45) is 0 Å². The predicted molar refractivity (Wildman–Crippen MR) is 93.7 cm³/mol. The van der Waals surface area contributed by atoms with Crippen LogP contribution in [0.2, 0.25) is 0 Å². The summed E-state index contributed by atoms with van der Waals surface area (Å²) in [7, 11) is 0. The van der Waals surface area contributed by atoms with Gasteiger partial charge in [0, 0.05) is 32.2 Å². The van der Waals surface area contributed by atoms with Crippen LogP contribution in [0.1, 0.15) is 37.7 Å². The van der Waals surface area contributed by atoms with E-state index in [1.807, 2.05) is 0 Å². The van der Waals surface area contributed by atoms with Crippen molar-refractivity contribution in [3.8, 4) is 0 Å². The van der Waals surface area contributed by atoms with Gasteiger partial charge in [-0.15, -0.1) is 0 Å². The fraction of sp³-hybridized carbons (Fsp3) is 0.579. The summed E-state index contributed by atoms with van der Waals surface area (Å²) in [5.41, 5.74) is 0.683. The Bertz CT molecular complexity index is 608. The van der Waals surface area contributed by atoms with Crippen LogP contribution in [-0.4, -0.2) is 54.0 Å². The highest BCUT2D eigenvalue weighted by molar-refractivity contribution is 5.79. The zero-order valence-corrected chi connectivity index (χ0v) is 14.5. The molecule has 0 bridgehead atoms. The molecule has 0 aromatic heterocycles. The molecule has 1 saturated carbocycles. The van der Waals surface area contributed by atoms with Crippen LogP contribution in [0.4, 0.5) is 9.18 Å². The third-order valence-electron chi connectivity index (χ3n) is 5.10. The monoisotopic (exact) mass is 347 g/mol. The second-order valence-electron chi connectivity index (χ2n) is 6.96. The fourth-order valence-corrected chi connectivity index (χ4v) is 3.61. The summed E-state index contributed by atoms with van der Waals surface area (Å²) in [6.45, 7) is 2.17. The van der Waals surface area contributed by atoms with Gasteiger partial charge in [0.05, 0.1) is 6.42 Å². The average Bonchev–Trinajstić information content (AvgIpc) is 2.62. The first-order valence-corrected chi connectivity index (χ1v) is 9.19. The first kappa shape index (κ1) is 17.7. The molecule has 1 aliphatic heterocycles. The molecule has 6 heteroatoms. The largest absolute Gasteiger partial charge is 0.339 e. The van der Waals surface area contributed by atoms with E-state index in [4.69, 9.17) is 0 Å². The van der Waals surface area contributed by atoms with E-state index in [0.29, 0.717) is 37.8 Å². The van der Waals surface area contributed by atoms with Crippen LogP contribution in [0.5, 0.6) is 0 Å². The van der Waals surface area contributed by atoms with Crippen molar-refractivity contribution in [2.75, 3.05) is 26.2 Å². The number of rotatable bonds is 3. The number of carbonyl (C=O) groups is 2. The number of nitrogens with zero attached hydrogens (tertiary/aromatic N) is 2. The van der Waals surface area contributed by atoms with Crippen molar-refractivity contribution >= 4 is 11.9 Å². The highest BCUT2D eigenvalue weighted by Gasteiger charge is 2.25. The van der Waals surface area contributed by atoms with Crippen molar-refractivity contribution in [1.82, 2.24) is 15.1 Å². The van der Waals surface area contributed by atoms with Gasteiger partial charge in [0.2, 0.25) is 5.91 Å². The lowest BCUT2D eigenvalue weighted by Gasteiger charge is -2.36. The summed E-state index contributed by atoms with van der Waals surface area (Å²) < 4.78 is 13.2. The van der Waals surface area contributed by atoms with Crippen molar-refractivity contribution in [1.29, 1.82) is 0 Å². The molecule has 0 spiro atoms. The Labute approximate surface area is 148 Å². The summed E-state index contributed by atoms with van der Waals surface area (Å²) in [6.07, 6.45) is 5.97. The maximum atomic E-state index is 13.2. The van der Waals surface area contributed by atoms with Crippen molar-refractivity contribution in [2.45, 2.75) is 44.6 Å². The Balaban J connectivity index is 1.44. The lowest BCUT2D eigenvalue weighted by Crippen LogP contribution is -2.54. The second kappa shape index (κ2) is 8.32. The molecule has 2 aliphatic rings. The van der Waals surface area contributed by atoms with Gasteiger partial charge in [0.25, 0.3) is 0 Å². The number of hydrogen-bond donors (Lipinski definition) is 1. The van der Waals surface area contributed by atoms with E-state index in [-0.39, 0.29) is 24.2 Å². The number of hydrogen-bond acceptors (Lipinski definition) is 2. The van der Waals surface area contributed by atoms with E-state index < -0.39 is 0 Å². The van der Waals surface area contributed by atoms with Crippen LogP contribution in [0.3, 0.4) is 0 Å². The Morgan fingerprint density at radius 1 is 1.04 bits per heavy atom. The molecule has 25 heavy (non-hydrogen) atoms. The van der Waals surface area contributed by atoms with Gasteiger partial charge in [-0.05, 0) is 30.5 Å². The number of benzene rings is 1. The van der Waals surface area contributed by atoms with Gasteiger partial charge in [-0.25, -0.2) is 9.18 Å². The van der Waals surface area contributed by atoms with E-state index in [9.17, 15) is 14.0 Å². The Morgan fingerprint density at radius 2 is 1.72 bits per heavy atom. The molecule has 2 fully saturated rings. The van der Waals surface area contributed by atoms with Crippen LogP contribution in [0, 0.1) is 5.82 Å². The van der Waals surface area contributed by atoms with Crippen molar-refractivity contribution in [3.05, 3.63) is 35.6 Å². The molecule has 5 nitrogen and oxygen atoms in total. The minimum atomic E-state index is -0.325. The average molecular weight is 347 g/mol. The zero-order valence-electron chi connectivity index (χ0n) is 14.5. The summed E-state index contributed by atoms with van der Waals surface area (Å²) in [6, 6.07) is 6.43. The fourth-order valence-electron chi connectivity index (χ4n) is 3.61. The SMILES string of the molecule is O=C(Cc1cccc(F)c1)N1CCN(C(=O)NC2CCCCC2)CC1. The Hall–Kier alpha value is -2.11. The highest BCUT2D eigenvalue weighted by atomic mass is 19.1. The van der Waals surface area contributed by atoms with Gasteiger partial charge < -0.3 is 15.1 Å². The molecule has 1 aromatic carbocycles. The van der Waals surface area contributed by atoms with E-state index in [1.54, 1.807) is 21.9 Å². The van der Waals surface area contributed by atoms with Crippen molar-refractivity contribution < 1.29 is 14.0 Å². The quantitative estimate of drug-likeness (QED) is 0.914. The molecule has 1 N–H and O–H groups in total. The first-order valence-electron chi connectivity index (χ1n) is 9.19. The maximum Gasteiger partial charge on any atom is 0.317 e. The molecule has 3 rings (SSSR count). The smallest absolute Gasteiger partial charge is 0.317 e. The van der Waals surface area contributed by atoms with Gasteiger partial charge in [0.15, 0.2) is 0 Å². The summed E-state index contributed by atoms with van der Waals surface area (Å²) in [5, 5.41) is 3.12. The molecule has 1 aliphatic carbocycles. The number of urea groups is 1. The lowest BCUT2D eigenvalue weighted by atomic mass is 9.96. The number of carbonyl (C=O) groups excluding carboxylic acids is 2. The minimum Gasteiger partial charge on any atom is -0.339 e. The van der Waals surface area contributed by atoms with Gasteiger partial charge in [-0.3, -0.25) is 4.79 Å². The maximum absolute atomic E-state index is 13.2. The van der Waals surface area contributed by atoms with E-state index >= 15 is 0 Å². The summed E-state index contributed by atoms with van der Waals surface area (Å²) in [5.74, 6) is -0.340. The molecule has 1 heterocycles. The van der Waals surface area contributed by atoms with Gasteiger partial charge in [-0.1, -0.05) is 31.4 Å². The highest BCUT2D eigenvalue weighted by Crippen LogP contribution is 2.18. The molecule has 1 aromatic rings. The number of piperazine rings is 1. The summed E-state index contributed by atoms with van der Waals surface area (Å²) >= 11 is 0. The third-order valence-corrected chi connectivity index (χ3v) is 5.10. The number of halogens is 1. The molecule has 136 valence electrons. The van der Waals surface area contributed by atoms with E-state index in [2.05, 4.69) is 5.32 Å². The van der Waals surface area contributed by atoms with Gasteiger partial charge >= 0.3 is 6.03 Å². The van der Waals surface area contributed by atoms with Gasteiger partial charge in [-0.2, -0.15) is 0 Å². The van der Waals surface area contributed by atoms with E-state index in [0.717, 1.165) is 12.8 Å². The normalized spacial score (nSPS) is 18.9. The Morgan fingerprint density at radius 3 is 2.40 bits per heavy atom. The number of amides is 3. The molecule has 1 saturated heterocycles. The standard InChI is InChI=1S/C19H26FN3O2/c20-16-6-4-5-15(13-16)14-18(24)22-9-11-23(12-10-22)19(25)21-17-7-2-1-3-8-17/h4-6,13,17H,1-3,7-12,14H2,(H,21,25). The van der Waals surface area contributed by atoms with Crippen LogP contribution in [0.15, 0.2) is 24.3 Å². The summed E-state index contributed by atoms with van der Waals surface area (Å²) in [4.78, 5) is 28.2. The van der Waals surface area contributed by atoms with Crippen molar-refractivity contribution in [3.63, 3.8) is 0 Å². The molecule has 0 radical (unpaired) electrons. The molecule has 0 unspecified atom stereocenters. The first-order chi connectivity index (χ1) is 12.1. The third kappa shape index (κ3) is 4.94. The predicted octanol–water partition coefficient (Wildman–Crippen LogP) is 2.55. The lowest BCUT2D eigenvalue weighted by molar-refractivity contribution is -0.131. The van der Waals surface area contributed by atoms with E-state index in [1.165, 1.54) is 31.4 Å². The zero-order chi connectivity index (χ0) is 17.6. The topological polar surface area (TPSA) is 52.7 Å². The van der Waals surface area contributed by atoms with Gasteiger partial charge in [0.1, 0.15) is 5.82 Å². The molecule has 0 atom stereocenters. The molecular weight excluding hydrogens is 321 g/mol. The molecular formula is C19H26FN3O2. The minimum absolute atomic E-state index is 0.0101. The number of nitrogens with one attached hydrogen (secondary N) is 1. The second-order valence-corrected chi connectivity index (χ2v) is 6.96. The van der Waals surface area contributed by atoms with Crippen LogP contribution < -0.4 is 5.32 Å². The van der Waals surface area contributed by atoms with Crippen LogP contribution in [-0.2, 0) is 11.2 Å². The Kier molecular flexibility index (Phi) is 5.89.